The van der Waals surface area contributed by atoms with E-state index in [1.807, 2.05) is 20.8 Å². The Morgan fingerprint density at radius 3 is 2.06 bits per heavy atom. The van der Waals surface area contributed by atoms with Crippen molar-refractivity contribution >= 4 is 28.4 Å². The predicted molar refractivity (Wildman–Crippen MR) is 179 cm³/mol. The average molecular weight is 688 g/mol. The van der Waals surface area contributed by atoms with Crippen molar-refractivity contribution in [2.45, 2.75) is 168 Å². The van der Waals surface area contributed by atoms with Gasteiger partial charge in [0.2, 0.25) is 5.91 Å². The molecule has 3 rings (SSSR count). The van der Waals surface area contributed by atoms with Crippen LogP contribution in [0.25, 0.3) is 0 Å². The molecule has 13 nitrogen and oxygen atoms in total. The molecule has 3 heterocycles. The molecule has 3 fully saturated rings. The van der Waals surface area contributed by atoms with Gasteiger partial charge in [0, 0.05) is 37.8 Å². The van der Waals surface area contributed by atoms with Gasteiger partial charge in [-0.05, 0) is 72.1 Å². The van der Waals surface area contributed by atoms with Crippen molar-refractivity contribution in [2.75, 3.05) is 26.2 Å². The van der Waals surface area contributed by atoms with Gasteiger partial charge in [0.25, 0.3) is 0 Å². The van der Waals surface area contributed by atoms with Crippen LogP contribution in [0, 0.1) is 0 Å². The van der Waals surface area contributed by atoms with Crippen LogP contribution in [0.2, 0.25) is 0 Å². The van der Waals surface area contributed by atoms with Crippen molar-refractivity contribution in [1.29, 1.82) is 0 Å². The summed E-state index contributed by atoms with van der Waals surface area (Å²) in [5.74, 6) is -0.282. The zero-order chi connectivity index (χ0) is 34.8. The number of unbranched alkanes of at least 4 members (excludes halogenated alkanes) is 3. The standard InChI is InChI=1S/C33H61N5O8S/c1-8-12-20-33(19-11-4,21-13-9-2)37(22-14-10-3)45-47(42,43)46-38-27-15-16-28(36(25-27)30(38)40)29(39)34-26-17-23-35(24-18-26)31(41)44-32(5,6)7/h26-28H,8-25H2,1-7H3,(H,34,39)/t27-,28-/m0/s1. The summed E-state index contributed by atoms with van der Waals surface area (Å²) in [6.07, 6.45) is 10.4. The first kappa shape index (κ1) is 39.3. The molecule has 2 atom stereocenters. The molecule has 14 heteroatoms. The molecule has 2 bridgehead atoms. The van der Waals surface area contributed by atoms with Crippen molar-refractivity contribution in [3.63, 3.8) is 0 Å². The van der Waals surface area contributed by atoms with E-state index in [9.17, 15) is 22.8 Å². The van der Waals surface area contributed by atoms with Crippen molar-refractivity contribution in [1.82, 2.24) is 25.2 Å². The molecule has 0 aliphatic carbocycles. The largest absolute Gasteiger partial charge is 0.444 e. The number of likely N-dealkylation sites (tertiary alicyclic amines) is 1. The number of carbonyl (C=O) groups is 3. The number of rotatable bonds is 18. The Morgan fingerprint density at radius 2 is 1.51 bits per heavy atom. The van der Waals surface area contributed by atoms with Gasteiger partial charge < -0.3 is 19.9 Å². The van der Waals surface area contributed by atoms with E-state index in [1.165, 1.54) is 4.90 Å². The lowest BCUT2D eigenvalue weighted by atomic mass is 9.82. The van der Waals surface area contributed by atoms with E-state index in [0.29, 0.717) is 45.3 Å². The minimum Gasteiger partial charge on any atom is -0.444 e. The number of fused-ring (bicyclic) bond motifs is 2. The first-order valence-electron chi connectivity index (χ1n) is 18.0. The Balaban J connectivity index is 1.65. The molecule has 0 aromatic carbocycles. The van der Waals surface area contributed by atoms with Crippen LogP contribution in [0.3, 0.4) is 0 Å². The minimum absolute atomic E-state index is 0.143. The molecule has 272 valence electrons. The van der Waals surface area contributed by atoms with E-state index >= 15 is 0 Å². The molecule has 0 unspecified atom stereocenters. The van der Waals surface area contributed by atoms with E-state index in [2.05, 4.69) is 33.0 Å². The van der Waals surface area contributed by atoms with Crippen LogP contribution in [-0.4, -0.2) is 102 Å². The average Bonchev–Trinajstić information content (AvgIpc) is 3.23. The molecule has 0 aromatic rings. The normalized spacial score (nSPS) is 21.1. The number of nitrogens with one attached hydrogen (secondary N) is 1. The molecule has 0 radical (unpaired) electrons. The van der Waals surface area contributed by atoms with Gasteiger partial charge in [-0.1, -0.05) is 66.2 Å². The number of nitrogens with zero attached hydrogens (tertiary/aromatic N) is 4. The SMILES string of the molecule is CCCCN(OS(=O)(=O)ON1C(=O)N2C[C@@H]1CC[C@H]2C(=O)NC1CCN(C(=O)OC(C)(C)C)CC1)C(CCC)(CCCC)CCCC. The van der Waals surface area contributed by atoms with Crippen molar-refractivity contribution in [3.8, 4) is 0 Å². The van der Waals surface area contributed by atoms with Crippen molar-refractivity contribution < 1.29 is 36.1 Å². The quantitative estimate of drug-likeness (QED) is 0.175. The van der Waals surface area contributed by atoms with Gasteiger partial charge >= 0.3 is 22.5 Å². The fraction of sp³-hybridized carbons (Fsp3) is 0.909. The van der Waals surface area contributed by atoms with Crippen LogP contribution < -0.4 is 5.32 Å². The van der Waals surface area contributed by atoms with Gasteiger partial charge in [0.15, 0.2) is 0 Å². The number of hydrogen-bond acceptors (Lipinski definition) is 9. The van der Waals surface area contributed by atoms with Gasteiger partial charge in [-0.15, -0.1) is 4.28 Å². The Hall–Kier alpha value is -2.16. The summed E-state index contributed by atoms with van der Waals surface area (Å²) < 4.78 is 43.7. The summed E-state index contributed by atoms with van der Waals surface area (Å²) in [6.45, 7) is 15.4. The third-order valence-electron chi connectivity index (χ3n) is 9.42. The van der Waals surface area contributed by atoms with Gasteiger partial charge in [0.1, 0.15) is 11.6 Å². The molecule has 0 aromatic heterocycles. The summed E-state index contributed by atoms with van der Waals surface area (Å²) in [4.78, 5) is 42.3. The number of amides is 4. The summed E-state index contributed by atoms with van der Waals surface area (Å²) in [6, 6.07) is -2.04. The molecule has 0 spiro atoms. The number of ether oxygens (including phenoxy) is 1. The van der Waals surface area contributed by atoms with Crippen LogP contribution in [-0.2, 0) is 28.5 Å². The summed E-state index contributed by atoms with van der Waals surface area (Å²) in [5, 5.41) is 5.58. The Morgan fingerprint density at radius 1 is 0.894 bits per heavy atom. The summed E-state index contributed by atoms with van der Waals surface area (Å²) in [7, 11) is -4.64. The smallest absolute Gasteiger partial charge is 0.437 e. The zero-order valence-corrected chi connectivity index (χ0v) is 30.7. The van der Waals surface area contributed by atoms with Gasteiger partial charge in [-0.3, -0.25) is 4.79 Å². The second-order valence-corrected chi connectivity index (χ2v) is 15.6. The van der Waals surface area contributed by atoms with Crippen LogP contribution in [0.4, 0.5) is 9.59 Å². The molecule has 0 saturated carbocycles. The molecule has 3 saturated heterocycles. The van der Waals surface area contributed by atoms with Crippen LogP contribution >= 0.6 is 0 Å². The maximum Gasteiger partial charge on any atom is 0.437 e. The van der Waals surface area contributed by atoms with E-state index in [4.69, 9.17) is 13.3 Å². The number of hydrogen-bond donors (Lipinski definition) is 1. The highest BCUT2D eigenvalue weighted by atomic mass is 32.3. The number of piperidine rings is 2. The zero-order valence-electron chi connectivity index (χ0n) is 29.9. The highest BCUT2D eigenvalue weighted by Crippen LogP contribution is 2.36. The topological polar surface area (TPSA) is 138 Å². The fourth-order valence-corrected chi connectivity index (χ4v) is 7.80. The molecule has 47 heavy (non-hydrogen) atoms. The van der Waals surface area contributed by atoms with Crippen LogP contribution in [0.15, 0.2) is 0 Å². The second kappa shape index (κ2) is 17.5. The van der Waals surface area contributed by atoms with Crippen LogP contribution in [0.5, 0.6) is 0 Å². The van der Waals surface area contributed by atoms with Gasteiger partial charge in [-0.2, -0.15) is 22.8 Å². The monoisotopic (exact) mass is 687 g/mol. The Labute approximate surface area is 283 Å². The maximum absolute atomic E-state index is 13.5. The molecular weight excluding hydrogens is 626 g/mol. The highest BCUT2D eigenvalue weighted by molar-refractivity contribution is 7.81. The predicted octanol–water partition coefficient (Wildman–Crippen LogP) is 5.90. The third kappa shape index (κ3) is 10.9. The van der Waals surface area contributed by atoms with Gasteiger partial charge in [-0.25, -0.2) is 9.59 Å². The summed E-state index contributed by atoms with van der Waals surface area (Å²) in [5.41, 5.74) is -1.03. The Kier molecular flexibility index (Phi) is 14.6. The van der Waals surface area contributed by atoms with Gasteiger partial charge in [0.05, 0.1) is 6.04 Å². The third-order valence-corrected chi connectivity index (χ3v) is 10.1. The molecule has 3 aliphatic heterocycles. The second-order valence-electron chi connectivity index (χ2n) is 14.5. The first-order chi connectivity index (χ1) is 22.2. The lowest BCUT2D eigenvalue weighted by molar-refractivity contribution is -0.172. The molecular formula is C33H61N5O8S. The number of carbonyl (C=O) groups excluding carboxylic acids is 3. The van der Waals surface area contributed by atoms with E-state index in [1.54, 1.807) is 9.96 Å². The minimum atomic E-state index is -4.64. The Bertz CT molecular complexity index is 1130. The van der Waals surface area contributed by atoms with E-state index in [0.717, 1.165) is 69.3 Å². The molecule has 1 N–H and O–H groups in total. The maximum atomic E-state index is 13.5. The number of urea groups is 1. The van der Waals surface area contributed by atoms with E-state index in [-0.39, 0.29) is 24.6 Å². The lowest BCUT2D eigenvalue weighted by Crippen LogP contribution is -2.54. The van der Waals surface area contributed by atoms with Crippen molar-refractivity contribution in [2.24, 2.45) is 0 Å². The lowest BCUT2D eigenvalue weighted by Gasteiger charge is -2.43. The van der Waals surface area contributed by atoms with Crippen LogP contribution in [0.1, 0.15) is 138 Å². The highest BCUT2D eigenvalue weighted by Gasteiger charge is 2.50. The molecule has 3 aliphatic rings. The van der Waals surface area contributed by atoms with E-state index < -0.39 is 39.7 Å². The fourth-order valence-electron chi connectivity index (χ4n) is 6.94. The van der Waals surface area contributed by atoms with Crippen molar-refractivity contribution in [3.05, 3.63) is 0 Å². The first-order valence-corrected chi connectivity index (χ1v) is 19.3. The molecule has 4 amide bonds. The summed E-state index contributed by atoms with van der Waals surface area (Å²) >= 11 is 0. The number of hydroxylamine groups is 4.